The topological polar surface area (TPSA) is 43.1 Å². The quantitative estimate of drug-likeness (QED) is 0.570. The fourth-order valence-corrected chi connectivity index (χ4v) is 0.698. The van der Waals surface area contributed by atoms with Crippen LogP contribution in [0.25, 0.3) is 0 Å². The van der Waals surface area contributed by atoms with E-state index in [4.69, 9.17) is 5.73 Å². The molecule has 0 aliphatic rings. The number of carbonyl (C=O) groups is 1. The summed E-state index contributed by atoms with van der Waals surface area (Å²) in [6.45, 7) is 3.68. The van der Waals surface area contributed by atoms with Crippen LogP contribution in [0.1, 0.15) is 13.8 Å². The molecule has 0 aromatic carbocycles. The minimum absolute atomic E-state index is 0.0344. The van der Waals surface area contributed by atoms with Crippen molar-refractivity contribution in [3.05, 3.63) is 0 Å². The lowest BCUT2D eigenvalue weighted by Crippen LogP contribution is -2.35. The van der Waals surface area contributed by atoms with E-state index in [1.807, 2.05) is 13.8 Å². The molecular formula is C6H13NOS. The Kier molecular flexibility index (Phi) is 3.89. The van der Waals surface area contributed by atoms with E-state index >= 15 is 0 Å². The zero-order chi connectivity index (χ0) is 7.44. The van der Waals surface area contributed by atoms with Gasteiger partial charge in [-0.25, -0.2) is 0 Å². The number of thiol groups is 1. The van der Waals surface area contributed by atoms with Gasteiger partial charge in [0.1, 0.15) is 0 Å². The summed E-state index contributed by atoms with van der Waals surface area (Å²) in [6.07, 6.45) is 0. The van der Waals surface area contributed by atoms with Crippen molar-refractivity contribution < 1.29 is 4.79 Å². The molecule has 1 atom stereocenters. The summed E-state index contributed by atoms with van der Waals surface area (Å²) in [7, 11) is 0. The fraction of sp³-hybridized carbons (Fsp3) is 0.833. The van der Waals surface area contributed by atoms with Crippen molar-refractivity contribution in [2.24, 2.45) is 11.7 Å². The third-order valence-electron chi connectivity index (χ3n) is 1.13. The van der Waals surface area contributed by atoms with Gasteiger partial charge in [0, 0.05) is 11.7 Å². The minimum Gasteiger partial charge on any atom is -0.321 e. The molecule has 0 spiro atoms. The van der Waals surface area contributed by atoms with Crippen molar-refractivity contribution in [3.8, 4) is 0 Å². The summed E-state index contributed by atoms with van der Waals surface area (Å²) in [5.74, 6) is 0.564. The normalized spacial score (nSPS) is 13.9. The molecular weight excluding hydrogens is 134 g/mol. The molecule has 0 aliphatic heterocycles. The average Bonchev–Trinajstić information content (AvgIpc) is 1.84. The Morgan fingerprint density at radius 1 is 1.67 bits per heavy atom. The highest BCUT2D eigenvalue weighted by atomic mass is 32.1. The van der Waals surface area contributed by atoms with Gasteiger partial charge in [0.25, 0.3) is 0 Å². The Morgan fingerprint density at radius 3 is 2.22 bits per heavy atom. The lowest BCUT2D eigenvalue weighted by molar-refractivity contribution is -0.122. The van der Waals surface area contributed by atoms with Crippen LogP contribution in [0.3, 0.4) is 0 Å². The predicted molar refractivity (Wildman–Crippen MR) is 41.7 cm³/mol. The second kappa shape index (κ2) is 3.90. The molecule has 54 valence electrons. The molecule has 2 N–H and O–H groups in total. The smallest absolute Gasteiger partial charge is 0.152 e. The van der Waals surface area contributed by atoms with Crippen LogP contribution in [-0.2, 0) is 4.79 Å². The summed E-state index contributed by atoms with van der Waals surface area (Å²) in [5.41, 5.74) is 5.39. The molecule has 2 nitrogen and oxygen atoms in total. The minimum atomic E-state index is -0.381. The lowest BCUT2D eigenvalue weighted by atomic mass is 10.0. The highest BCUT2D eigenvalue weighted by molar-refractivity contribution is 7.80. The molecule has 0 aromatic heterocycles. The Hall–Kier alpha value is -0.0200. The van der Waals surface area contributed by atoms with Crippen molar-refractivity contribution in [1.82, 2.24) is 0 Å². The molecule has 3 heteroatoms. The van der Waals surface area contributed by atoms with E-state index in [9.17, 15) is 4.79 Å². The van der Waals surface area contributed by atoms with Crippen molar-refractivity contribution in [1.29, 1.82) is 0 Å². The molecule has 0 saturated carbocycles. The first-order valence-corrected chi connectivity index (χ1v) is 3.63. The molecule has 0 fully saturated rings. The second-order valence-corrected chi connectivity index (χ2v) is 2.71. The van der Waals surface area contributed by atoms with Crippen molar-refractivity contribution in [2.75, 3.05) is 5.75 Å². The summed E-state index contributed by atoms with van der Waals surface area (Å²) in [5, 5.41) is 0. The van der Waals surface area contributed by atoms with Crippen LogP contribution in [0.5, 0.6) is 0 Å². The summed E-state index contributed by atoms with van der Waals surface area (Å²) < 4.78 is 0. The van der Waals surface area contributed by atoms with Crippen LogP contribution in [0.4, 0.5) is 0 Å². The number of rotatable bonds is 3. The average molecular weight is 147 g/mol. The maximum atomic E-state index is 10.9. The van der Waals surface area contributed by atoms with E-state index in [0.717, 1.165) is 0 Å². The number of nitrogens with two attached hydrogens (primary N) is 1. The molecule has 0 rings (SSSR count). The van der Waals surface area contributed by atoms with Gasteiger partial charge >= 0.3 is 0 Å². The van der Waals surface area contributed by atoms with Gasteiger partial charge in [0.05, 0.1) is 6.04 Å². The van der Waals surface area contributed by atoms with Crippen LogP contribution < -0.4 is 5.73 Å². The molecule has 0 aliphatic carbocycles. The SMILES string of the molecule is CC(C)C(=O)[C@H](N)CS. The van der Waals surface area contributed by atoms with Gasteiger partial charge < -0.3 is 5.73 Å². The van der Waals surface area contributed by atoms with Crippen LogP contribution in [0.15, 0.2) is 0 Å². The van der Waals surface area contributed by atoms with Crippen molar-refractivity contribution in [3.63, 3.8) is 0 Å². The van der Waals surface area contributed by atoms with Crippen LogP contribution in [0, 0.1) is 5.92 Å². The van der Waals surface area contributed by atoms with Crippen molar-refractivity contribution in [2.45, 2.75) is 19.9 Å². The Bertz CT molecular complexity index is 103. The van der Waals surface area contributed by atoms with Gasteiger partial charge in [-0.1, -0.05) is 13.8 Å². The first kappa shape index (κ1) is 8.98. The number of Topliss-reactive ketones (excluding diaryl/α,β-unsaturated/α-hetero) is 1. The third kappa shape index (κ3) is 2.87. The molecule has 0 radical (unpaired) electrons. The predicted octanol–water partition coefficient (Wildman–Crippen LogP) is 0.469. The van der Waals surface area contributed by atoms with Crippen LogP contribution in [0.2, 0.25) is 0 Å². The van der Waals surface area contributed by atoms with Gasteiger partial charge in [-0.05, 0) is 0 Å². The van der Waals surface area contributed by atoms with Gasteiger partial charge in [0.15, 0.2) is 5.78 Å². The van der Waals surface area contributed by atoms with Crippen LogP contribution in [-0.4, -0.2) is 17.6 Å². The number of ketones is 1. The molecule has 9 heavy (non-hydrogen) atoms. The standard InChI is InChI=1S/C6H13NOS/c1-4(2)6(8)5(7)3-9/h4-5,9H,3,7H2,1-2H3/t5-/m1/s1. The molecule has 0 heterocycles. The monoisotopic (exact) mass is 147 g/mol. The zero-order valence-electron chi connectivity index (χ0n) is 5.79. The summed E-state index contributed by atoms with van der Waals surface area (Å²) in [4.78, 5) is 10.9. The number of hydrogen-bond donors (Lipinski definition) is 2. The van der Waals surface area contributed by atoms with Gasteiger partial charge in [-0.2, -0.15) is 12.6 Å². The van der Waals surface area contributed by atoms with Crippen LogP contribution >= 0.6 is 12.6 Å². The lowest BCUT2D eigenvalue weighted by Gasteiger charge is -2.08. The van der Waals surface area contributed by atoms with E-state index in [0.29, 0.717) is 5.75 Å². The first-order chi connectivity index (χ1) is 4.09. The van der Waals surface area contributed by atoms with E-state index < -0.39 is 0 Å². The van der Waals surface area contributed by atoms with Gasteiger partial charge in [-0.15, -0.1) is 0 Å². The molecule has 0 amide bonds. The first-order valence-electron chi connectivity index (χ1n) is 2.99. The van der Waals surface area contributed by atoms with E-state index in [1.54, 1.807) is 0 Å². The largest absolute Gasteiger partial charge is 0.321 e. The van der Waals surface area contributed by atoms with Gasteiger partial charge in [0.2, 0.25) is 0 Å². The third-order valence-corrected chi connectivity index (χ3v) is 1.52. The molecule has 0 bridgehead atoms. The summed E-state index contributed by atoms with van der Waals surface area (Å²) in [6, 6.07) is -0.381. The Morgan fingerprint density at radius 2 is 2.11 bits per heavy atom. The highest BCUT2D eigenvalue weighted by Gasteiger charge is 2.14. The maximum absolute atomic E-state index is 10.9. The maximum Gasteiger partial charge on any atom is 0.152 e. The Balaban J connectivity index is 3.73. The van der Waals surface area contributed by atoms with E-state index in [-0.39, 0.29) is 17.7 Å². The molecule has 0 unspecified atom stereocenters. The molecule has 0 saturated heterocycles. The summed E-state index contributed by atoms with van der Waals surface area (Å²) >= 11 is 3.90. The Labute approximate surface area is 61.2 Å². The number of carbonyl (C=O) groups excluding carboxylic acids is 1. The van der Waals surface area contributed by atoms with Crippen molar-refractivity contribution >= 4 is 18.4 Å². The van der Waals surface area contributed by atoms with E-state index in [1.165, 1.54) is 0 Å². The van der Waals surface area contributed by atoms with E-state index in [2.05, 4.69) is 12.6 Å². The van der Waals surface area contributed by atoms with Gasteiger partial charge in [-0.3, -0.25) is 4.79 Å². The zero-order valence-corrected chi connectivity index (χ0v) is 6.69. The fourth-order valence-electron chi connectivity index (χ4n) is 0.518. The molecule has 0 aromatic rings. The number of hydrogen-bond acceptors (Lipinski definition) is 3. The highest BCUT2D eigenvalue weighted by Crippen LogP contribution is 1.98. The second-order valence-electron chi connectivity index (χ2n) is 2.35.